The summed E-state index contributed by atoms with van der Waals surface area (Å²) in [5, 5.41) is 4.46. The van der Waals surface area contributed by atoms with E-state index in [0.29, 0.717) is 23.5 Å². The lowest BCUT2D eigenvalue weighted by atomic mass is 9.77. The number of rotatable bonds is 6. The van der Waals surface area contributed by atoms with Crippen LogP contribution in [0.2, 0.25) is 5.02 Å². The van der Waals surface area contributed by atoms with E-state index in [2.05, 4.69) is 98.0 Å². The Bertz CT molecular complexity index is 1500. The van der Waals surface area contributed by atoms with Gasteiger partial charge in [-0.1, -0.05) is 83.4 Å². The van der Waals surface area contributed by atoms with Crippen LogP contribution in [-0.2, 0) is 6.61 Å². The number of aryl methyl sites for hydroxylation is 2. The number of ether oxygens (including phenoxy) is 1. The SMILES string of the molecule is Cc1cc(C)cc(COc2ccc(Cl)cc2C=Nc2ccc([C@@H]3Nc4ccccc4[C@H]4C=CC[C@@H]43)cc2)c1. The second-order valence-corrected chi connectivity index (χ2v) is 10.8. The zero-order valence-electron chi connectivity index (χ0n) is 21.7. The molecule has 0 bridgehead atoms. The molecule has 6 rings (SSSR count). The Hall–Kier alpha value is -3.82. The average molecular weight is 519 g/mol. The van der Waals surface area contributed by atoms with Crippen molar-refractivity contribution < 1.29 is 4.74 Å². The smallest absolute Gasteiger partial charge is 0.128 e. The van der Waals surface area contributed by atoms with Crippen molar-refractivity contribution in [2.45, 2.75) is 38.8 Å². The Kier molecular flexibility index (Phi) is 6.78. The van der Waals surface area contributed by atoms with Gasteiger partial charge in [0.15, 0.2) is 0 Å². The number of hydrogen-bond donors (Lipinski definition) is 1. The molecule has 0 spiro atoms. The van der Waals surface area contributed by atoms with Crippen molar-refractivity contribution in [3.8, 4) is 5.75 Å². The normalized spacial score (nSPS) is 19.7. The molecule has 1 heterocycles. The van der Waals surface area contributed by atoms with Gasteiger partial charge in [0, 0.05) is 28.4 Å². The highest BCUT2D eigenvalue weighted by Crippen LogP contribution is 2.49. The van der Waals surface area contributed by atoms with Crippen LogP contribution >= 0.6 is 11.6 Å². The van der Waals surface area contributed by atoms with Crippen LogP contribution in [0.5, 0.6) is 5.75 Å². The maximum atomic E-state index is 6.31. The first-order valence-electron chi connectivity index (χ1n) is 13.2. The van der Waals surface area contributed by atoms with Crippen molar-refractivity contribution in [3.63, 3.8) is 0 Å². The van der Waals surface area contributed by atoms with E-state index in [9.17, 15) is 0 Å². The molecule has 1 N–H and O–H groups in total. The number of aliphatic imine (C=N–C) groups is 1. The number of nitrogens with zero attached hydrogens (tertiary/aromatic N) is 1. The molecular weight excluding hydrogens is 488 g/mol. The minimum atomic E-state index is 0.279. The van der Waals surface area contributed by atoms with Gasteiger partial charge in [0.1, 0.15) is 12.4 Å². The zero-order valence-corrected chi connectivity index (χ0v) is 22.5. The Balaban J connectivity index is 1.19. The second kappa shape index (κ2) is 10.5. The molecule has 0 aromatic heterocycles. The first-order chi connectivity index (χ1) is 18.5. The van der Waals surface area contributed by atoms with E-state index in [-0.39, 0.29) is 6.04 Å². The Morgan fingerprint density at radius 3 is 2.55 bits per heavy atom. The summed E-state index contributed by atoms with van der Waals surface area (Å²) in [7, 11) is 0. The summed E-state index contributed by atoms with van der Waals surface area (Å²) in [5.74, 6) is 1.77. The van der Waals surface area contributed by atoms with Crippen LogP contribution in [-0.4, -0.2) is 6.21 Å². The summed E-state index contributed by atoms with van der Waals surface area (Å²) in [6.45, 7) is 4.71. The summed E-state index contributed by atoms with van der Waals surface area (Å²) in [6, 6.07) is 29.7. The largest absolute Gasteiger partial charge is 0.488 e. The highest BCUT2D eigenvalue weighted by atomic mass is 35.5. The number of hydrogen-bond acceptors (Lipinski definition) is 3. The number of nitrogens with one attached hydrogen (secondary N) is 1. The van der Waals surface area contributed by atoms with Crippen LogP contribution in [0.4, 0.5) is 11.4 Å². The highest BCUT2D eigenvalue weighted by Gasteiger charge is 2.37. The van der Waals surface area contributed by atoms with Gasteiger partial charge in [0.05, 0.1) is 11.7 Å². The van der Waals surface area contributed by atoms with Crippen molar-refractivity contribution >= 4 is 29.2 Å². The lowest BCUT2D eigenvalue weighted by Crippen LogP contribution is -2.28. The molecule has 190 valence electrons. The number of para-hydroxylation sites is 1. The van der Waals surface area contributed by atoms with Crippen molar-refractivity contribution in [1.29, 1.82) is 0 Å². The van der Waals surface area contributed by atoms with E-state index in [1.165, 1.54) is 27.9 Å². The van der Waals surface area contributed by atoms with Gasteiger partial charge in [0.2, 0.25) is 0 Å². The second-order valence-electron chi connectivity index (χ2n) is 10.4. The molecule has 0 saturated carbocycles. The first-order valence-corrected chi connectivity index (χ1v) is 13.6. The Morgan fingerprint density at radius 1 is 0.947 bits per heavy atom. The van der Waals surface area contributed by atoms with Crippen molar-refractivity contribution in [2.24, 2.45) is 10.9 Å². The van der Waals surface area contributed by atoms with Crippen molar-refractivity contribution in [1.82, 2.24) is 0 Å². The van der Waals surface area contributed by atoms with Gasteiger partial charge in [-0.25, -0.2) is 0 Å². The van der Waals surface area contributed by atoms with Gasteiger partial charge in [-0.05, 0) is 79.3 Å². The minimum absolute atomic E-state index is 0.279. The van der Waals surface area contributed by atoms with E-state index >= 15 is 0 Å². The fraction of sp³-hybridized carbons (Fsp3) is 0.206. The maximum absolute atomic E-state index is 6.31. The van der Waals surface area contributed by atoms with Gasteiger partial charge in [-0.3, -0.25) is 4.99 Å². The van der Waals surface area contributed by atoms with Gasteiger partial charge < -0.3 is 10.1 Å². The molecule has 0 fully saturated rings. The van der Waals surface area contributed by atoms with Crippen LogP contribution in [0.25, 0.3) is 0 Å². The third-order valence-corrected chi connectivity index (χ3v) is 7.76. The number of allylic oxidation sites excluding steroid dienone is 2. The number of benzene rings is 4. The summed E-state index contributed by atoms with van der Waals surface area (Å²) >= 11 is 6.31. The van der Waals surface area contributed by atoms with Gasteiger partial charge in [0.25, 0.3) is 0 Å². The molecule has 3 atom stereocenters. The van der Waals surface area contributed by atoms with Crippen molar-refractivity contribution in [2.75, 3.05) is 5.32 Å². The predicted octanol–water partition coefficient (Wildman–Crippen LogP) is 9.11. The van der Waals surface area contributed by atoms with E-state index in [1.54, 1.807) is 0 Å². The molecule has 0 amide bonds. The van der Waals surface area contributed by atoms with Gasteiger partial charge in [-0.15, -0.1) is 0 Å². The van der Waals surface area contributed by atoms with Crippen LogP contribution in [0.3, 0.4) is 0 Å². The number of anilines is 1. The minimum Gasteiger partial charge on any atom is -0.488 e. The fourth-order valence-electron chi connectivity index (χ4n) is 5.85. The highest BCUT2D eigenvalue weighted by molar-refractivity contribution is 6.30. The van der Waals surface area contributed by atoms with Crippen molar-refractivity contribution in [3.05, 3.63) is 135 Å². The molecule has 4 aromatic rings. The van der Waals surface area contributed by atoms with Gasteiger partial charge in [-0.2, -0.15) is 0 Å². The third kappa shape index (κ3) is 5.12. The molecule has 38 heavy (non-hydrogen) atoms. The zero-order chi connectivity index (χ0) is 26.1. The standard InChI is InChI=1S/C34H31ClN2O/c1-22-16-23(2)18-24(17-22)21-38-33-15-12-27(35)19-26(33)20-36-28-13-10-25(11-14-28)34-31-8-5-7-29(31)30-6-3-4-9-32(30)37-34/h3-7,9-20,29,31,34,37H,8,21H2,1-2H3/t29-,31+,34+/m1/s1. The molecule has 0 radical (unpaired) electrons. The summed E-state index contributed by atoms with van der Waals surface area (Å²) in [5.41, 5.74) is 9.30. The van der Waals surface area contributed by atoms with E-state index in [4.69, 9.17) is 21.3 Å². The lowest BCUT2D eigenvalue weighted by molar-refractivity contribution is 0.305. The molecule has 2 aliphatic rings. The van der Waals surface area contributed by atoms with E-state index in [0.717, 1.165) is 29.0 Å². The molecule has 0 unspecified atom stereocenters. The summed E-state index contributed by atoms with van der Waals surface area (Å²) in [4.78, 5) is 4.75. The van der Waals surface area contributed by atoms with Gasteiger partial charge >= 0.3 is 0 Å². The average Bonchev–Trinajstić information content (AvgIpc) is 3.41. The molecular formula is C34H31ClN2O. The quantitative estimate of drug-likeness (QED) is 0.204. The monoisotopic (exact) mass is 518 g/mol. The molecule has 4 aromatic carbocycles. The summed E-state index contributed by atoms with van der Waals surface area (Å²) in [6.07, 6.45) is 7.64. The predicted molar refractivity (Wildman–Crippen MR) is 158 cm³/mol. The van der Waals surface area contributed by atoms with Crippen LogP contribution in [0, 0.1) is 19.8 Å². The summed E-state index contributed by atoms with van der Waals surface area (Å²) < 4.78 is 6.18. The van der Waals surface area contributed by atoms with E-state index in [1.807, 2.05) is 24.4 Å². The number of halogens is 1. The molecule has 1 aliphatic heterocycles. The third-order valence-electron chi connectivity index (χ3n) is 7.52. The topological polar surface area (TPSA) is 33.6 Å². The fourth-order valence-corrected chi connectivity index (χ4v) is 6.03. The van der Waals surface area contributed by atoms with Crippen LogP contribution in [0.15, 0.2) is 102 Å². The molecule has 0 saturated heterocycles. The molecule has 1 aliphatic carbocycles. The van der Waals surface area contributed by atoms with E-state index < -0.39 is 0 Å². The van der Waals surface area contributed by atoms with Crippen LogP contribution < -0.4 is 10.1 Å². The lowest BCUT2D eigenvalue weighted by Gasteiger charge is -2.37. The first kappa shape index (κ1) is 24.5. The Morgan fingerprint density at radius 2 is 1.74 bits per heavy atom. The molecule has 4 heteroatoms. The maximum Gasteiger partial charge on any atom is 0.128 e. The molecule has 3 nitrogen and oxygen atoms in total. The Labute approximate surface area is 229 Å². The number of fused-ring (bicyclic) bond motifs is 3. The van der Waals surface area contributed by atoms with Crippen LogP contribution in [0.1, 0.15) is 51.8 Å².